The van der Waals surface area contributed by atoms with Gasteiger partial charge >= 0.3 is 5.97 Å². The van der Waals surface area contributed by atoms with Crippen LogP contribution in [0.25, 0.3) is 0 Å². The lowest BCUT2D eigenvalue weighted by molar-refractivity contribution is -0.921. The largest absolute Gasteiger partial charge is 0.457 e. The molecule has 2 aliphatic rings. The molecule has 31 heavy (non-hydrogen) atoms. The summed E-state index contributed by atoms with van der Waals surface area (Å²) >= 11 is 0. The molecule has 0 spiro atoms. The molecule has 2 heterocycles. The molecule has 2 fully saturated rings. The Balaban J connectivity index is 1.43. The molecule has 1 saturated heterocycles. The molecule has 5 heteroatoms. The molecule has 0 bridgehead atoms. The van der Waals surface area contributed by atoms with E-state index in [1.807, 2.05) is 42.6 Å². The van der Waals surface area contributed by atoms with E-state index < -0.39 is 11.6 Å². The van der Waals surface area contributed by atoms with Crippen molar-refractivity contribution in [3.05, 3.63) is 66.0 Å². The van der Waals surface area contributed by atoms with Crippen LogP contribution in [0.3, 0.4) is 0 Å². The summed E-state index contributed by atoms with van der Waals surface area (Å²) < 4.78 is 6.79. The van der Waals surface area contributed by atoms with Crippen molar-refractivity contribution in [2.75, 3.05) is 26.7 Å². The van der Waals surface area contributed by atoms with Crippen LogP contribution in [0.4, 0.5) is 0 Å². The first-order valence-electron chi connectivity index (χ1n) is 11.7. The first-order valence-corrected chi connectivity index (χ1v) is 11.7. The number of aromatic nitrogens is 1. The van der Waals surface area contributed by atoms with Gasteiger partial charge in [-0.15, -0.1) is 0 Å². The Hall–Kier alpha value is -2.24. The number of rotatable bonds is 8. The van der Waals surface area contributed by atoms with Crippen molar-refractivity contribution in [3.8, 4) is 0 Å². The standard InChI is InChI=1S/C26H35N2O3/c1-28(18-15-21-9-7-16-27-19-21)17-8-14-24(28)20-31-25(29)26(30,23-12-5-6-13-23)22-10-3-2-4-11-22/h2-4,7,9-11,16,19,23-24,30H,5-6,8,12-15,17-18,20H2,1H3/q+1/t24?,26?,28-/m1/s1. The second-order valence-corrected chi connectivity index (χ2v) is 9.55. The van der Waals surface area contributed by atoms with Crippen molar-refractivity contribution in [1.82, 2.24) is 4.98 Å². The number of aliphatic hydroxyl groups is 1. The zero-order chi connectivity index (χ0) is 21.7. The van der Waals surface area contributed by atoms with E-state index in [2.05, 4.69) is 18.1 Å². The average Bonchev–Trinajstić information content (AvgIpc) is 3.48. The Kier molecular flexibility index (Phi) is 6.73. The number of ether oxygens (including phenoxy) is 1. The van der Waals surface area contributed by atoms with Crippen molar-refractivity contribution in [2.45, 2.75) is 56.6 Å². The van der Waals surface area contributed by atoms with Gasteiger partial charge in [-0.3, -0.25) is 4.98 Å². The van der Waals surface area contributed by atoms with E-state index in [9.17, 15) is 9.90 Å². The normalized spacial score (nSPS) is 25.9. The summed E-state index contributed by atoms with van der Waals surface area (Å²) in [6.45, 7) is 2.46. The Morgan fingerprint density at radius 3 is 2.61 bits per heavy atom. The van der Waals surface area contributed by atoms with Gasteiger partial charge in [0.2, 0.25) is 0 Å². The Morgan fingerprint density at radius 2 is 1.90 bits per heavy atom. The summed E-state index contributed by atoms with van der Waals surface area (Å²) in [7, 11) is 2.27. The van der Waals surface area contributed by atoms with Crippen LogP contribution in [0.5, 0.6) is 0 Å². The second-order valence-electron chi connectivity index (χ2n) is 9.55. The summed E-state index contributed by atoms with van der Waals surface area (Å²) in [6, 6.07) is 13.7. The van der Waals surface area contributed by atoms with Crippen molar-refractivity contribution < 1.29 is 19.1 Å². The maximum Gasteiger partial charge on any atom is 0.343 e. The van der Waals surface area contributed by atoms with E-state index in [4.69, 9.17) is 4.74 Å². The van der Waals surface area contributed by atoms with Gasteiger partial charge in [-0.2, -0.15) is 0 Å². The summed E-state index contributed by atoms with van der Waals surface area (Å²) in [6.07, 6.45) is 10.7. The third kappa shape index (κ3) is 4.68. The molecule has 0 radical (unpaired) electrons. The number of hydrogen-bond donors (Lipinski definition) is 1. The minimum Gasteiger partial charge on any atom is -0.457 e. The zero-order valence-corrected chi connectivity index (χ0v) is 18.6. The highest BCUT2D eigenvalue weighted by molar-refractivity contribution is 5.81. The number of esters is 1. The van der Waals surface area contributed by atoms with E-state index in [1.165, 1.54) is 5.56 Å². The van der Waals surface area contributed by atoms with E-state index in [1.54, 1.807) is 6.20 Å². The number of nitrogens with zero attached hydrogens (tertiary/aromatic N) is 2. The van der Waals surface area contributed by atoms with Crippen LogP contribution >= 0.6 is 0 Å². The molecular weight excluding hydrogens is 388 g/mol. The number of quaternary nitrogens is 1. The van der Waals surface area contributed by atoms with E-state index in [0.29, 0.717) is 12.2 Å². The monoisotopic (exact) mass is 423 g/mol. The highest BCUT2D eigenvalue weighted by Gasteiger charge is 2.48. The number of benzene rings is 1. The molecule has 3 atom stereocenters. The average molecular weight is 424 g/mol. The van der Waals surface area contributed by atoms with E-state index >= 15 is 0 Å². The van der Waals surface area contributed by atoms with Gasteiger partial charge in [-0.25, -0.2) is 4.79 Å². The third-order valence-electron chi connectivity index (χ3n) is 7.60. The maximum atomic E-state index is 13.3. The third-order valence-corrected chi connectivity index (χ3v) is 7.60. The molecular formula is C26H35N2O3+. The van der Waals surface area contributed by atoms with Gasteiger partial charge in [-0.1, -0.05) is 49.2 Å². The van der Waals surface area contributed by atoms with Crippen molar-refractivity contribution in [3.63, 3.8) is 0 Å². The van der Waals surface area contributed by atoms with Crippen molar-refractivity contribution in [2.24, 2.45) is 5.92 Å². The highest BCUT2D eigenvalue weighted by Crippen LogP contribution is 2.41. The van der Waals surface area contributed by atoms with Crippen molar-refractivity contribution in [1.29, 1.82) is 0 Å². The molecule has 5 nitrogen and oxygen atoms in total. The molecule has 1 aliphatic heterocycles. The van der Waals surface area contributed by atoms with Gasteiger partial charge in [-0.05, 0) is 30.0 Å². The van der Waals surface area contributed by atoms with Crippen LogP contribution in [0, 0.1) is 5.92 Å². The lowest BCUT2D eigenvalue weighted by Crippen LogP contribution is -2.52. The topological polar surface area (TPSA) is 59.4 Å². The number of likely N-dealkylation sites (tertiary alicyclic amines) is 1. The molecule has 1 N–H and O–H groups in total. The maximum absolute atomic E-state index is 13.3. The van der Waals surface area contributed by atoms with Gasteiger partial charge in [0.05, 0.1) is 20.1 Å². The number of carbonyl (C=O) groups excluding carboxylic acids is 1. The predicted molar refractivity (Wildman–Crippen MR) is 120 cm³/mol. The summed E-state index contributed by atoms with van der Waals surface area (Å²) in [4.78, 5) is 17.5. The molecule has 1 aliphatic carbocycles. The molecule has 1 aromatic heterocycles. The number of hydrogen-bond acceptors (Lipinski definition) is 4. The van der Waals surface area contributed by atoms with Crippen LogP contribution < -0.4 is 0 Å². The molecule has 2 aromatic rings. The quantitative estimate of drug-likeness (QED) is 0.517. The fourth-order valence-corrected chi connectivity index (χ4v) is 5.51. The predicted octanol–water partition coefficient (Wildman–Crippen LogP) is 3.85. The first kappa shape index (κ1) is 22.0. The molecule has 0 amide bonds. The number of likely N-dealkylation sites (N-methyl/N-ethyl adjacent to an activating group) is 1. The minimum absolute atomic E-state index is 0.0718. The summed E-state index contributed by atoms with van der Waals surface area (Å²) in [5.74, 6) is -0.547. The van der Waals surface area contributed by atoms with Crippen LogP contribution in [0.2, 0.25) is 0 Å². The molecule has 4 rings (SSSR count). The summed E-state index contributed by atoms with van der Waals surface area (Å²) in [5, 5.41) is 11.6. The van der Waals surface area contributed by atoms with Gasteiger partial charge in [0, 0.05) is 37.6 Å². The van der Waals surface area contributed by atoms with Crippen molar-refractivity contribution >= 4 is 5.97 Å². The smallest absolute Gasteiger partial charge is 0.343 e. The Labute approximate surface area is 185 Å². The molecule has 166 valence electrons. The van der Waals surface area contributed by atoms with Gasteiger partial charge < -0.3 is 14.3 Å². The van der Waals surface area contributed by atoms with Gasteiger partial charge in [0.25, 0.3) is 0 Å². The van der Waals surface area contributed by atoms with Gasteiger partial charge in [0.15, 0.2) is 5.60 Å². The fourth-order valence-electron chi connectivity index (χ4n) is 5.51. The van der Waals surface area contributed by atoms with Crippen LogP contribution in [0.15, 0.2) is 54.9 Å². The fraction of sp³-hybridized carbons (Fsp3) is 0.538. The highest BCUT2D eigenvalue weighted by atomic mass is 16.6. The van der Waals surface area contributed by atoms with Crippen LogP contribution in [0.1, 0.15) is 49.7 Å². The second kappa shape index (κ2) is 9.49. The molecule has 1 saturated carbocycles. The van der Waals surface area contributed by atoms with Crippen LogP contribution in [-0.2, 0) is 21.6 Å². The van der Waals surface area contributed by atoms with E-state index in [-0.39, 0.29) is 12.0 Å². The van der Waals surface area contributed by atoms with E-state index in [0.717, 1.165) is 62.5 Å². The minimum atomic E-state index is -1.55. The molecule has 1 aromatic carbocycles. The number of carbonyl (C=O) groups is 1. The number of pyridine rings is 1. The Bertz CT molecular complexity index is 853. The Morgan fingerprint density at radius 1 is 1.13 bits per heavy atom. The van der Waals surface area contributed by atoms with Gasteiger partial charge in [0.1, 0.15) is 12.6 Å². The lowest BCUT2D eigenvalue weighted by Gasteiger charge is -2.37. The SMILES string of the molecule is C[N@+]1(CCc2cccnc2)CCCC1COC(=O)C(O)(c1ccccc1)C1CCCC1. The first-order chi connectivity index (χ1) is 15.0. The summed E-state index contributed by atoms with van der Waals surface area (Å²) in [5.41, 5.74) is 0.353. The zero-order valence-electron chi connectivity index (χ0n) is 18.6. The lowest BCUT2D eigenvalue weighted by atomic mass is 9.80. The molecule has 2 unspecified atom stereocenters. The van der Waals surface area contributed by atoms with Crippen LogP contribution in [-0.4, -0.2) is 53.3 Å².